The maximum absolute atomic E-state index is 11.9. The standard InChI is InChI=1S/C21H20N2O4/c24-16-4-1-14(2-5-16)3-6-18(26)12-21(27)22-10-9-15-13-23-20-8-7-17(25)11-19(15)20/h1-8,11,13,23-25H,9-10,12H2,(H,22,27)/b6-3+. The van der Waals surface area contributed by atoms with Gasteiger partial charge >= 0.3 is 0 Å². The smallest absolute Gasteiger partial charge is 0.227 e. The Morgan fingerprint density at radius 2 is 1.78 bits per heavy atom. The Morgan fingerprint density at radius 1 is 1.04 bits per heavy atom. The van der Waals surface area contributed by atoms with Crippen molar-refractivity contribution >= 4 is 28.7 Å². The van der Waals surface area contributed by atoms with Gasteiger partial charge in [0.05, 0.1) is 6.42 Å². The quantitative estimate of drug-likeness (QED) is 0.382. The van der Waals surface area contributed by atoms with Gasteiger partial charge in [-0.05, 0) is 54.0 Å². The molecule has 2 aromatic carbocycles. The Kier molecular flexibility index (Phi) is 5.56. The summed E-state index contributed by atoms with van der Waals surface area (Å²) in [6.45, 7) is 0.399. The van der Waals surface area contributed by atoms with Crippen molar-refractivity contribution in [2.24, 2.45) is 0 Å². The summed E-state index contributed by atoms with van der Waals surface area (Å²) in [6, 6.07) is 11.5. The summed E-state index contributed by atoms with van der Waals surface area (Å²) in [6.07, 6.45) is 5.18. The summed E-state index contributed by atoms with van der Waals surface area (Å²) in [5.41, 5.74) is 2.67. The molecule has 4 N–H and O–H groups in total. The molecule has 0 radical (unpaired) electrons. The van der Waals surface area contributed by atoms with Crippen molar-refractivity contribution in [3.8, 4) is 11.5 Å². The number of aromatic amines is 1. The number of phenols is 2. The van der Waals surface area contributed by atoms with Crippen molar-refractivity contribution in [3.63, 3.8) is 0 Å². The fourth-order valence-electron chi connectivity index (χ4n) is 2.76. The van der Waals surface area contributed by atoms with Gasteiger partial charge in [-0.25, -0.2) is 0 Å². The molecule has 1 heterocycles. The van der Waals surface area contributed by atoms with Gasteiger partial charge in [-0.15, -0.1) is 0 Å². The van der Waals surface area contributed by atoms with Crippen molar-refractivity contribution in [2.45, 2.75) is 12.8 Å². The van der Waals surface area contributed by atoms with Gasteiger partial charge in [0, 0.05) is 23.6 Å². The van der Waals surface area contributed by atoms with E-state index in [0.717, 1.165) is 22.0 Å². The second kappa shape index (κ2) is 8.23. The van der Waals surface area contributed by atoms with Crippen molar-refractivity contribution in [3.05, 3.63) is 65.9 Å². The van der Waals surface area contributed by atoms with Crippen LogP contribution in [0.4, 0.5) is 0 Å². The highest BCUT2D eigenvalue weighted by Gasteiger charge is 2.08. The summed E-state index contributed by atoms with van der Waals surface area (Å²) < 4.78 is 0. The molecule has 1 amide bonds. The Bertz CT molecular complexity index is 987. The molecule has 0 saturated carbocycles. The summed E-state index contributed by atoms with van der Waals surface area (Å²) in [7, 11) is 0. The number of amides is 1. The van der Waals surface area contributed by atoms with Crippen LogP contribution in [0.15, 0.2) is 54.7 Å². The molecule has 0 aliphatic carbocycles. The first-order valence-electron chi connectivity index (χ1n) is 8.57. The lowest BCUT2D eigenvalue weighted by atomic mass is 10.1. The maximum atomic E-state index is 11.9. The summed E-state index contributed by atoms with van der Waals surface area (Å²) in [4.78, 5) is 26.9. The largest absolute Gasteiger partial charge is 0.508 e. The summed E-state index contributed by atoms with van der Waals surface area (Å²) >= 11 is 0. The number of hydrogen-bond donors (Lipinski definition) is 4. The Balaban J connectivity index is 1.47. The number of phenolic OH excluding ortho intramolecular Hbond substituents is 2. The Morgan fingerprint density at radius 3 is 2.56 bits per heavy atom. The van der Waals surface area contributed by atoms with Gasteiger partial charge in [-0.2, -0.15) is 0 Å². The minimum atomic E-state index is -0.335. The molecule has 0 unspecified atom stereocenters. The molecule has 0 spiro atoms. The molecule has 27 heavy (non-hydrogen) atoms. The van der Waals surface area contributed by atoms with E-state index in [1.807, 2.05) is 6.20 Å². The summed E-state index contributed by atoms with van der Waals surface area (Å²) in [5.74, 6) is -0.280. The van der Waals surface area contributed by atoms with E-state index in [4.69, 9.17) is 0 Å². The van der Waals surface area contributed by atoms with E-state index >= 15 is 0 Å². The molecular formula is C21H20N2O4. The van der Waals surface area contributed by atoms with Gasteiger partial charge in [-0.3, -0.25) is 9.59 Å². The minimum Gasteiger partial charge on any atom is -0.508 e. The van der Waals surface area contributed by atoms with Crippen LogP contribution in [0.2, 0.25) is 0 Å². The van der Waals surface area contributed by atoms with Gasteiger partial charge in [0.1, 0.15) is 11.5 Å². The van der Waals surface area contributed by atoms with Crippen molar-refractivity contribution in [1.29, 1.82) is 0 Å². The van der Waals surface area contributed by atoms with Crippen LogP contribution in [0.1, 0.15) is 17.5 Å². The third kappa shape index (κ3) is 4.98. The number of aromatic hydroxyl groups is 2. The molecular weight excluding hydrogens is 344 g/mol. The third-order valence-electron chi connectivity index (χ3n) is 4.16. The highest BCUT2D eigenvalue weighted by atomic mass is 16.3. The number of carbonyl (C=O) groups excluding carboxylic acids is 2. The number of carbonyl (C=O) groups is 2. The molecule has 3 rings (SSSR count). The molecule has 0 aliphatic heterocycles. The predicted octanol–water partition coefficient (Wildman–Crippen LogP) is 2.91. The molecule has 0 aliphatic rings. The monoisotopic (exact) mass is 364 g/mol. The minimum absolute atomic E-state index is 0.156. The van der Waals surface area contributed by atoms with Crippen LogP contribution in [-0.2, 0) is 16.0 Å². The molecule has 6 heteroatoms. The average molecular weight is 364 g/mol. The lowest BCUT2D eigenvalue weighted by molar-refractivity contribution is -0.126. The second-order valence-corrected chi connectivity index (χ2v) is 6.21. The van der Waals surface area contributed by atoms with E-state index in [9.17, 15) is 19.8 Å². The van der Waals surface area contributed by atoms with Crippen molar-refractivity contribution < 1.29 is 19.8 Å². The second-order valence-electron chi connectivity index (χ2n) is 6.21. The number of fused-ring (bicyclic) bond motifs is 1. The van der Waals surface area contributed by atoms with Crippen LogP contribution in [0.5, 0.6) is 11.5 Å². The van der Waals surface area contributed by atoms with E-state index in [1.54, 1.807) is 36.4 Å². The topological polar surface area (TPSA) is 102 Å². The predicted molar refractivity (Wildman–Crippen MR) is 103 cm³/mol. The zero-order valence-corrected chi connectivity index (χ0v) is 14.6. The van der Waals surface area contributed by atoms with Gasteiger partial charge in [0.25, 0.3) is 0 Å². The molecule has 0 fully saturated rings. The van der Waals surface area contributed by atoms with Crippen LogP contribution in [0, 0.1) is 0 Å². The molecule has 1 aromatic heterocycles. The van der Waals surface area contributed by atoms with Crippen molar-refractivity contribution in [1.82, 2.24) is 10.3 Å². The molecule has 0 atom stereocenters. The number of nitrogens with one attached hydrogen (secondary N) is 2. The number of allylic oxidation sites excluding steroid dienone is 1. The zero-order valence-electron chi connectivity index (χ0n) is 14.6. The van der Waals surface area contributed by atoms with Gasteiger partial charge in [0.15, 0.2) is 5.78 Å². The van der Waals surface area contributed by atoms with E-state index in [-0.39, 0.29) is 29.6 Å². The number of rotatable bonds is 7. The first kappa shape index (κ1) is 18.3. The van der Waals surface area contributed by atoms with Crippen LogP contribution >= 0.6 is 0 Å². The van der Waals surface area contributed by atoms with Gasteiger partial charge in [0.2, 0.25) is 5.91 Å². The maximum Gasteiger partial charge on any atom is 0.227 e. The normalized spacial score (nSPS) is 11.1. The van der Waals surface area contributed by atoms with E-state index in [0.29, 0.717) is 13.0 Å². The number of ketones is 1. The van der Waals surface area contributed by atoms with Crippen LogP contribution in [0.3, 0.4) is 0 Å². The first-order valence-corrected chi connectivity index (χ1v) is 8.57. The number of H-pyrrole nitrogens is 1. The first-order chi connectivity index (χ1) is 13.0. The molecule has 3 aromatic rings. The van der Waals surface area contributed by atoms with Crippen LogP contribution in [-0.4, -0.2) is 33.4 Å². The Labute approximate surface area is 156 Å². The summed E-state index contributed by atoms with van der Waals surface area (Å²) in [5, 5.41) is 22.5. The van der Waals surface area contributed by atoms with Gasteiger partial charge in [-0.1, -0.05) is 18.2 Å². The van der Waals surface area contributed by atoms with E-state index in [2.05, 4.69) is 10.3 Å². The van der Waals surface area contributed by atoms with Crippen LogP contribution in [0.25, 0.3) is 17.0 Å². The lowest BCUT2D eigenvalue weighted by Crippen LogP contribution is -2.27. The highest BCUT2D eigenvalue weighted by Crippen LogP contribution is 2.23. The molecule has 138 valence electrons. The molecule has 0 saturated heterocycles. The van der Waals surface area contributed by atoms with E-state index < -0.39 is 0 Å². The fraction of sp³-hybridized carbons (Fsp3) is 0.143. The SMILES string of the molecule is O=C(/C=C/c1ccc(O)cc1)CC(=O)NCCc1c[nH]c2ccc(O)cc12. The lowest BCUT2D eigenvalue weighted by Gasteiger charge is -2.04. The van der Waals surface area contributed by atoms with E-state index in [1.165, 1.54) is 18.2 Å². The number of benzene rings is 2. The fourth-order valence-corrected chi connectivity index (χ4v) is 2.76. The van der Waals surface area contributed by atoms with Gasteiger partial charge < -0.3 is 20.5 Å². The average Bonchev–Trinajstić information content (AvgIpc) is 3.03. The van der Waals surface area contributed by atoms with Crippen molar-refractivity contribution in [2.75, 3.05) is 6.54 Å². The van der Waals surface area contributed by atoms with Crippen LogP contribution < -0.4 is 5.32 Å². The zero-order chi connectivity index (χ0) is 19.2. The Hall–Kier alpha value is -3.54. The molecule has 0 bridgehead atoms. The highest BCUT2D eigenvalue weighted by molar-refractivity contribution is 6.05. The number of hydrogen-bond acceptors (Lipinski definition) is 4. The third-order valence-corrected chi connectivity index (χ3v) is 4.16. The molecule has 6 nitrogen and oxygen atoms in total. The number of aromatic nitrogens is 1.